The molecule has 1 saturated carbocycles. The van der Waals surface area contributed by atoms with Crippen molar-refractivity contribution in [3.05, 3.63) is 0 Å². The Labute approximate surface area is 153 Å². The lowest BCUT2D eigenvalue weighted by atomic mass is 9.56. The fourth-order valence-electron chi connectivity index (χ4n) is 2.54. The van der Waals surface area contributed by atoms with E-state index in [0.717, 1.165) is 18.9 Å². The second-order valence-electron chi connectivity index (χ2n) is 7.22. The molecule has 5 nitrogen and oxygen atoms in total. The largest absolute Gasteiger partial charge is 0.378 e. The van der Waals surface area contributed by atoms with Gasteiger partial charge in [0.1, 0.15) is 0 Å². The normalized spacial score (nSPS) is 27.6. The van der Waals surface area contributed by atoms with Crippen LogP contribution in [0.25, 0.3) is 0 Å². The minimum atomic E-state index is -0.251. The third kappa shape index (κ3) is 4.71. The van der Waals surface area contributed by atoms with Gasteiger partial charge in [-0.3, -0.25) is 4.99 Å². The van der Waals surface area contributed by atoms with Crippen LogP contribution in [0.3, 0.4) is 0 Å². The molecule has 0 radical (unpaired) electrons. The van der Waals surface area contributed by atoms with Gasteiger partial charge in [-0.2, -0.15) is 0 Å². The van der Waals surface area contributed by atoms with Crippen LogP contribution in [-0.2, 0) is 9.47 Å². The molecule has 2 atom stereocenters. The summed E-state index contributed by atoms with van der Waals surface area (Å²) >= 11 is 0. The topological polar surface area (TPSA) is 54.9 Å². The maximum Gasteiger partial charge on any atom is 0.191 e. The lowest BCUT2D eigenvalue weighted by Gasteiger charge is -2.59. The molecular formula is C16H34IN3O2. The Morgan fingerprint density at radius 3 is 2.27 bits per heavy atom. The van der Waals surface area contributed by atoms with Crippen LogP contribution in [0.15, 0.2) is 4.99 Å². The molecular weight excluding hydrogens is 393 g/mol. The molecule has 0 aromatic rings. The van der Waals surface area contributed by atoms with Gasteiger partial charge in [-0.05, 0) is 34.1 Å². The first-order chi connectivity index (χ1) is 9.62. The average molecular weight is 427 g/mol. The molecule has 1 aliphatic carbocycles. The number of hydrogen-bond acceptors (Lipinski definition) is 3. The maximum atomic E-state index is 5.67. The van der Waals surface area contributed by atoms with E-state index in [9.17, 15) is 0 Å². The van der Waals surface area contributed by atoms with E-state index in [1.165, 1.54) is 0 Å². The van der Waals surface area contributed by atoms with Crippen LogP contribution in [0, 0.1) is 5.41 Å². The number of nitrogens with one attached hydrogen (secondary N) is 2. The summed E-state index contributed by atoms with van der Waals surface area (Å²) in [6, 6.07) is 0.353. The molecule has 0 aromatic heterocycles. The van der Waals surface area contributed by atoms with Gasteiger partial charge in [0.05, 0.1) is 17.7 Å². The Hall–Kier alpha value is -0.0800. The van der Waals surface area contributed by atoms with E-state index >= 15 is 0 Å². The van der Waals surface area contributed by atoms with Crippen LogP contribution in [0.1, 0.15) is 48.0 Å². The molecule has 0 spiro atoms. The van der Waals surface area contributed by atoms with E-state index in [0.29, 0.717) is 12.6 Å². The van der Waals surface area contributed by atoms with E-state index in [-0.39, 0.29) is 40.6 Å². The number of ether oxygens (including phenoxy) is 2. The summed E-state index contributed by atoms with van der Waals surface area (Å²) < 4.78 is 11.1. The monoisotopic (exact) mass is 427 g/mol. The first kappa shape index (κ1) is 21.9. The van der Waals surface area contributed by atoms with Crippen molar-refractivity contribution in [2.24, 2.45) is 10.4 Å². The molecule has 2 N–H and O–H groups in total. The predicted molar refractivity (Wildman–Crippen MR) is 103 cm³/mol. The number of aliphatic imine (C=N–C) groups is 1. The average Bonchev–Trinajstić information content (AvgIpc) is 2.44. The van der Waals surface area contributed by atoms with E-state index in [4.69, 9.17) is 9.47 Å². The van der Waals surface area contributed by atoms with Crippen LogP contribution in [0.4, 0.5) is 0 Å². The summed E-state index contributed by atoms with van der Waals surface area (Å²) in [6.07, 6.45) is 0.981. The first-order valence-corrected chi connectivity index (χ1v) is 7.77. The smallest absolute Gasteiger partial charge is 0.191 e. The van der Waals surface area contributed by atoms with Gasteiger partial charge in [0.25, 0.3) is 0 Å². The Bertz CT molecular complexity index is 386. The van der Waals surface area contributed by atoms with Crippen molar-refractivity contribution in [1.29, 1.82) is 0 Å². The molecule has 0 amide bonds. The molecule has 6 heteroatoms. The zero-order chi connectivity index (χ0) is 16.3. The third-order valence-electron chi connectivity index (χ3n) is 5.10. The van der Waals surface area contributed by atoms with Crippen LogP contribution in [0.5, 0.6) is 0 Å². The number of rotatable bonds is 6. The number of hydrogen-bond donors (Lipinski definition) is 2. The van der Waals surface area contributed by atoms with Crippen molar-refractivity contribution in [2.45, 2.75) is 65.2 Å². The van der Waals surface area contributed by atoms with Gasteiger partial charge in [0, 0.05) is 32.2 Å². The van der Waals surface area contributed by atoms with Gasteiger partial charge in [0.15, 0.2) is 5.96 Å². The van der Waals surface area contributed by atoms with Crippen LogP contribution >= 0.6 is 24.0 Å². The quantitative estimate of drug-likeness (QED) is 0.389. The zero-order valence-corrected chi connectivity index (χ0v) is 17.7. The molecule has 0 heterocycles. The Morgan fingerprint density at radius 2 is 1.86 bits per heavy atom. The summed E-state index contributed by atoms with van der Waals surface area (Å²) in [5.41, 5.74) is -0.263. The van der Waals surface area contributed by atoms with Crippen LogP contribution in [0.2, 0.25) is 0 Å². The second kappa shape index (κ2) is 8.15. The Balaban J connectivity index is 0.00000441. The molecule has 1 rings (SSSR count). The number of methoxy groups -OCH3 is 2. The van der Waals surface area contributed by atoms with Crippen molar-refractivity contribution in [3.8, 4) is 0 Å². The molecule has 22 heavy (non-hydrogen) atoms. The third-order valence-corrected chi connectivity index (χ3v) is 5.10. The molecule has 0 saturated heterocycles. The highest BCUT2D eigenvalue weighted by molar-refractivity contribution is 14.0. The summed E-state index contributed by atoms with van der Waals surface area (Å²) in [5, 5.41) is 6.84. The number of nitrogens with zero attached hydrogens (tertiary/aromatic N) is 1. The minimum absolute atomic E-state index is 0. The molecule has 2 unspecified atom stereocenters. The van der Waals surface area contributed by atoms with E-state index in [1.807, 2.05) is 13.8 Å². The Morgan fingerprint density at radius 1 is 1.27 bits per heavy atom. The summed E-state index contributed by atoms with van der Waals surface area (Å²) in [4.78, 5) is 4.65. The van der Waals surface area contributed by atoms with Gasteiger partial charge in [-0.25, -0.2) is 0 Å². The highest BCUT2D eigenvalue weighted by Gasteiger charge is 2.58. The number of halogens is 1. The molecule has 1 fully saturated rings. The van der Waals surface area contributed by atoms with Crippen LogP contribution < -0.4 is 10.6 Å². The van der Waals surface area contributed by atoms with Crippen molar-refractivity contribution < 1.29 is 9.47 Å². The highest BCUT2D eigenvalue weighted by Crippen LogP contribution is 2.51. The van der Waals surface area contributed by atoms with Gasteiger partial charge in [-0.1, -0.05) is 13.8 Å². The number of guanidine groups is 1. The molecule has 0 bridgehead atoms. The lowest BCUT2D eigenvalue weighted by molar-refractivity contribution is -0.176. The van der Waals surface area contributed by atoms with E-state index in [1.54, 1.807) is 14.2 Å². The summed E-state index contributed by atoms with van der Waals surface area (Å²) in [6.45, 7) is 14.2. The standard InChI is InChI=1S/C16H33N3O2.HI/c1-9-17-13(18-11-14(2,3)20-7)19-12-10-16(6,21-8)15(12,4)5;/h12H,9-11H2,1-8H3,(H2,17,18,19);1H. The Kier molecular flexibility index (Phi) is 8.12. The fraction of sp³-hybridized carbons (Fsp3) is 0.938. The van der Waals surface area contributed by atoms with Gasteiger partial charge in [-0.15, -0.1) is 24.0 Å². The predicted octanol–water partition coefficient (Wildman–Crippen LogP) is 2.79. The fourth-order valence-corrected chi connectivity index (χ4v) is 2.54. The van der Waals surface area contributed by atoms with Crippen LogP contribution in [-0.4, -0.2) is 50.5 Å². The van der Waals surface area contributed by atoms with Crippen molar-refractivity contribution in [3.63, 3.8) is 0 Å². The molecule has 1 aliphatic rings. The van der Waals surface area contributed by atoms with E-state index < -0.39 is 0 Å². The van der Waals surface area contributed by atoms with Gasteiger partial charge in [0.2, 0.25) is 0 Å². The summed E-state index contributed by atoms with van der Waals surface area (Å²) in [5.74, 6) is 0.846. The molecule has 132 valence electrons. The SMILES string of the molecule is CCNC(=NCC(C)(C)OC)NC1CC(C)(OC)C1(C)C.I. The lowest BCUT2D eigenvalue weighted by Crippen LogP contribution is -2.69. The van der Waals surface area contributed by atoms with Gasteiger partial charge < -0.3 is 20.1 Å². The highest BCUT2D eigenvalue weighted by atomic mass is 127. The van der Waals surface area contributed by atoms with Crippen molar-refractivity contribution >= 4 is 29.9 Å². The first-order valence-electron chi connectivity index (χ1n) is 7.77. The van der Waals surface area contributed by atoms with E-state index in [2.05, 4.69) is 43.3 Å². The van der Waals surface area contributed by atoms with Gasteiger partial charge >= 0.3 is 0 Å². The van der Waals surface area contributed by atoms with Crippen molar-refractivity contribution in [2.75, 3.05) is 27.3 Å². The maximum absolute atomic E-state index is 5.67. The molecule has 0 aromatic carbocycles. The second-order valence-corrected chi connectivity index (χ2v) is 7.22. The van der Waals surface area contributed by atoms with Crippen molar-refractivity contribution in [1.82, 2.24) is 10.6 Å². The molecule has 0 aliphatic heterocycles. The minimum Gasteiger partial charge on any atom is -0.378 e. The summed E-state index contributed by atoms with van der Waals surface area (Å²) in [7, 11) is 3.51. The zero-order valence-electron chi connectivity index (χ0n) is 15.4.